The summed E-state index contributed by atoms with van der Waals surface area (Å²) < 4.78 is 22.6. The second-order valence-corrected chi connectivity index (χ2v) is 8.27. The minimum Gasteiger partial charge on any atom is -0.493 e. The van der Waals surface area contributed by atoms with Gasteiger partial charge in [0.05, 0.1) is 28.4 Å². The highest BCUT2D eigenvalue weighted by atomic mass is 16.5. The fourth-order valence-corrected chi connectivity index (χ4v) is 4.67. The lowest BCUT2D eigenvalue weighted by Crippen LogP contribution is -2.06. The van der Waals surface area contributed by atoms with Crippen LogP contribution in [0.2, 0.25) is 0 Å². The van der Waals surface area contributed by atoms with E-state index >= 15 is 0 Å². The first-order chi connectivity index (χ1) is 15.0. The first-order valence-electron chi connectivity index (χ1n) is 11.3. The second-order valence-electron chi connectivity index (χ2n) is 8.27. The third-order valence-electron chi connectivity index (χ3n) is 6.31. The second kappa shape index (κ2) is 10.1. The van der Waals surface area contributed by atoms with Crippen molar-refractivity contribution >= 4 is 21.5 Å². The predicted molar refractivity (Wildman–Crippen MR) is 129 cm³/mol. The highest BCUT2D eigenvalue weighted by Gasteiger charge is 2.20. The third kappa shape index (κ3) is 4.39. The SMILES string of the molecule is CCCCC(C)Cc1c(CC)c2cc(OC)c(OC)cc2c2cc(OC)c(OC)cc12. The van der Waals surface area contributed by atoms with Crippen LogP contribution in [0, 0.1) is 5.92 Å². The molecule has 0 spiro atoms. The third-order valence-corrected chi connectivity index (χ3v) is 6.31. The van der Waals surface area contributed by atoms with Crippen LogP contribution in [0.3, 0.4) is 0 Å². The lowest BCUT2D eigenvalue weighted by Gasteiger charge is -2.22. The summed E-state index contributed by atoms with van der Waals surface area (Å²) in [5.41, 5.74) is 2.78. The molecular formula is C27H36O4. The van der Waals surface area contributed by atoms with Crippen LogP contribution in [0.15, 0.2) is 24.3 Å². The number of unbranched alkanes of at least 4 members (excludes halogenated alkanes) is 1. The fraction of sp³-hybridized carbons (Fsp3) is 0.481. The molecule has 0 aliphatic carbocycles. The summed E-state index contributed by atoms with van der Waals surface area (Å²) >= 11 is 0. The molecule has 0 saturated heterocycles. The van der Waals surface area contributed by atoms with Crippen LogP contribution < -0.4 is 18.9 Å². The van der Waals surface area contributed by atoms with Gasteiger partial charge in [0, 0.05) is 0 Å². The molecule has 1 atom stereocenters. The quantitative estimate of drug-likeness (QED) is 0.330. The Hall–Kier alpha value is -2.62. The summed E-state index contributed by atoms with van der Waals surface area (Å²) in [4.78, 5) is 0. The lowest BCUT2D eigenvalue weighted by molar-refractivity contribution is 0.355. The summed E-state index contributed by atoms with van der Waals surface area (Å²) in [6.45, 7) is 6.85. The smallest absolute Gasteiger partial charge is 0.161 e. The van der Waals surface area contributed by atoms with Crippen molar-refractivity contribution in [3.63, 3.8) is 0 Å². The predicted octanol–water partition coefficient (Wildman–Crippen LogP) is 6.96. The van der Waals surface area contributed by atoms with Crippen LogP contribution in [0.25, 0.3) is 21.5 Å². The Kier molecular flexibility index (Phi) is 7.53. The van der Waals surface area contributed by atoms with Crippen molar-refractivity contribution in [3.05, 3.63) is 35.4 Å². The van der Waals surface area contributed by atoms with Crippen LogP contribution in [-0.2, 0) is 12.8 Å². The van der Waals surface area contributed by atoms with Crippen molar-refractivity contribution in [2.45, 2.75) is 52.9 Å². The van der Waals surface area contributed by atoms with Gasteiger partial charge in [0.1, 0.15) is 0 Å². The molecule has 0 fully saturated rings. The van der Waals surface area contributed by atoms with Crippen molar-refractivity contribution in [2.75, 3.05) is 28.4 Å². The van der Waals surface area contributed by atoms with Gasteiger partial charge in [-0.05, 0) is 75.7 Å². The Morgan fingerprint density at radius 3 is 1.45 bits per heavy atom. The molecule has 0 aliphatic heterocycles. The molecule has 0 aliphatic rings. The fourth-order valence-electron chi connectivity index (χ4n) is 4.67. The van der Waals surface area contributed by atoms with E-state index < -0.39 is 0 Å². The van der Waals surface area contributed by atoms with Gasteiger partial charge >= 0.3 is 0 Å². The van der Waals surface area contributed by atoms with Crippen LogP contribution in [0.5, 0.6) is 23.0 Å². The summed E-state index contributed by atoms with van der Waals surface area (Å²) in [7, 11) is 6.75. The number of rotatable bonds is 10. The largest absolute Gasteiger partial charge is 0.493 e. The normalized spacial score (nSPS) is 12.2. The highest BCUT2D eigenvalue weighted by Crippen LogP contribution is 2.44. The van der Waals surface area contributed by atoms with E-state index in [0.717, 1.165) is 46.6 Å². The molecule has 0 N–H and O–H groups in total. The molecule has 3 rings (SSSR count). The molecule has 0 radical (unpaired) electrons. The molecule has 0 saturated carbocycles. The van der Waals surface area contributed by atoms with Crippen LogP contribution in [0.4, 0.5) is 0 Å². The van der Waals surface area contributed by atoms with E-state index in [9.17, 15) is 0 Å². The Labute approximate surface area is 186 Å². The Balaban J connectivity index is 2.41. The minimum atomic E-state index is 0.610. The highest BCUT2D eigenvalue weighted by molar-refractivity contribution is 6.12. The number of methoxy groups -OCH3 is 4. The molecule has 4 nitrogen and oxygen atoms in total. The molecule has 4 heteroatoms. The zero-order valence-corrected chi connectivity index (χ0v) is 20.1. The number of benzene rings is 3. The van der Waals surface area contributed by atoms with Crippen molar-refractivity contribution in [1.29, 1.82) is 0 Å². The van der Waals surface area contributed by atoms with Gasteiger partial charge in [0.25, 0.3) is 0 Å². The average Bonchev–Trinajstić information content (AvgIpc) is 2.80. The zero-order chi connectivity index (χ0) is 22.5. The van der Waals surface area contributed by atoms with Gasteiger partial charge in [0.15, 0.2) is 23.0 Å². The van der Waals surface area contributed by atoms with Gasteiger partial charge in [-0.25, -0.2) is 0 Å². The van der Waals surface area contributed by atoms with Crippen LogP contribution in [-0.4, -0.2) is 28.4 Å². The van der Waals surface area contributed by atoms with E-state index in [2.05, 4.69) is 45.0 Å². The average molecular weight is 425 g/mol. The molecule has 1 unspecified atom stereocenters. The van der Waals surface area contributed by atoms with Gasteiger partial charge in [0.2, 0.25) is 0 Å². The summed E-state index contributed by atoms with van der Waals surface area (Å²) in [6.07, 6.45) is 5.71. The van der Waals surface area contributed by atoms with E-state index in [1.54, 1.807) is 28.4 Å². The summed E-state index contributed by atoms with van der Waals surface area (Å²) in [5, 5.41) is 4.76. The molecule has 3 aromatic carbocycles. The molecule has 3 aromatic rings. The maximum absolute atomic E-state index is 5.67. The zero-order valence-electron chi connectivity index (χ0n) is 20.1. The van der Waals surface area contributed by atoms with Gasteiger partial charge in [-0.15, -0.1) is 0 Å². The number of hydrogen-bond donors (Lipinski definition) is 0. The molecular weight excluding hydrogens is 388 g/mol. The Morgan fingerprint density at radius 2 is 1.06 bits per heavy atom. The molecule has 0 heterocycles. The van der Waals surface area contributed by atoms with Crippen LogP contribution in [0.1, 0.15) is 51.2 Å². The van der Waals surface area contributed by atoms with E-state index in [4.69, 9.17) is 18.9 Å². The monoisotopic (exact) mass is 424 g/mol. The van der Waals surface area contributed by atoms with E-state index in [0.29, 0.717) is 5.92 Å². The number of ether oxygens (including phenoxy) is 4. The van der Waals surface area contributed by atoms with Crippen molar-refractivity contribution in [3.8, 4) is 23.0 Å². The molecule has 31 heavy (non-hydrogen) atoms. The molecule has 0 bridgehead atoms. The topological polar surface area (TPSA) is 36.9 Å². The lowest BCUT2D eigenvalue weighted by atomic mass is 9.84. The Morgan fingerprint density at radius 1 is 0.645 bits per heavy atom. The number of aryl methyl sites for hydroxylation is 1. The van der Waals surface area contributed by atoms with Crippen LogP contribution >= 0.6 is 0 Å². The van der Waals surface area contributed by atoms with Gasteiger partial charge in [-0.1, -0.05) is 40.0 Å². The first-order valence-corrected chi connectivity index (χ1v) is 11.3. The first kappa shape index (κ1) is 23.1. The van der Waals surface area contributed by atoms with Crippen molar-refractivity contribution in [1.82, 2.24) is 0 Å². The standard InChI is InChI=1S/C27H36O4/c1-8-10-11-17(3)12-19-18(9-2)20-13-24(28-4)26(30-6)15-22(20)23-16-27(31-7)25(29-5)14-21(19)23/h13-17H,8-12H2,1-7H3. The van der Waals surface area contributed by atoms with Crippen molar-refractivity contribution in [2.24, 2.45) is 5.92 Å². The maximum Gasteiger partial charge on any atom is 0.161 e. The maximum atomic E-state index is 5.67. The molecule has 0 aromatic heterocycles. The number of hydrogen-bond acceptors (Lipinski definition) is 4. The van der Waals surface area contributed by atoms with E-state index in [1.807, 2.05) is 0 Å². The minimum absolute atomic E-state index is 0.610. The summed E-state index contributed by atoms with van der Waals surface area (Å²) in [6, 6.07) is 8.46. The van der Waals surface area contributed by atoms with Gasteiger partial charge < -0.3 is 18.9 Å². The van der Waals surface area contributed by atoms with E-state index in [-0.39, 0.29) is 0 Å². The Bertz CT molecular complexity index is 1050. The van der Waals surface area contributed by atoms with Gasteiger partial charge in [-0.3, -0.25) is 0 Å². The molecule has 0 amide bonds. The molecule has 168 valence electrons. The number of fused-ring (bicyclic) bond motifs is 3. The van der Waals surface area contributed by atoms with Gasteiger partial charge in [-0.2, -0.15) is 0 Å². The van der Waals surface area contributed by atoms with Crippen molar-refractivity contribution < 1.29 is 18.9 Å². The summed E-state index contributed by atoms with van der Waals surface area (Å²) in [5.74, 6) is 3.60. The van der Waals surface area contributed by atoms with E-state index in [1.165, 1.54) is 41.2 Å².